The summed E-state index contributed by atoms with van der Waals surface area (Å²) in [5.41, 5.74) is 3.14. The Morgan fingerprint density at radius 2 is 2.11 bits per heavy atom. The second-order valence-electron chi connectivity index (χ2n) is 4.31. The highest BCUT2D eigenvalue weighted by molar-refractivity contribution is 7.78. The van der Waals surface area contributed by atoms with Gasteiger partial charge in [0, 0.05) is 0 Å². The molecule has 0 bridgehead atoms. The second kappa shape index (κ2) is 6.45. The molecule has 0 atom stereocenters. The minimum Gasteiger partial charge on any atom is -0.482 e. The number of esters is 1. The van der Waals surface area contributed by atoms with Gasteiger partial charge in [-0.3, -0.25) is 0 Å². The van der Waals surface area contributed by atoms with Crippen LogP contribution in [-0.4, -0.2) is 24.8 Å². The lowest BCUT2D eigenvalue weighted by Gasteiger charge is -2.20. The number of methoxy groups -OCH3 is 1. The van der Waals surface area contributed by atoms with E-state index in [9.17, 15) is 4.79 Å². The number of aliphatic imine (C=N–C) groups is 1. The Kier molecular flexibility index (Phi) is 4.66. The fraction of sp³-hybridized carbons (Fsp3) is 0.429. The Labute approximate surface area is 117 Å². The number of hydrogen-bond donors (Lipinski definition) is 0. The molecule has 0 heterocycles. The molecule has 0 fully saturated rings. The van der Waals surface area contributed by atoms with Crippen molar-refractivity contribution < 1.29 is 14.3 Å². The van der Waals surface area contributed by atoms with Crippen LogP contribution in [0.25, 0.3) is 0 Å². The highest BCUT2D eigenvalue weighted by Crippen LogP contribution is 2.36. The molecule has 0 unspecified atom stereocenters. The highest BCUT2D eigenvalue weighted by atomic mass is 32.1. The van der Waals surface area contributed by atoms with Crippen LogP contribution in [0.5, 0.6) is 5.75 Å². The minimum atomic E-state index is -0.384. The van der Waals surface area contributed by atoms with Crippen LogP contribution in [0.4, 0.5) is 5.69 Å². The average Bonchev–Trinajstić information content (AvgIpc) is 2.46. The molecule has 19 heavy (non-hydrogen) atoms. The van der Waals surface area contributed by atoms with E-state index in [1.165, 1.54) is 7.11 Å². The van der Waals surface area contributed by atoms with E-state index in [1.54, 1.807) is 0 Å². The second-order valence-corrected chi connectivity index (χ2v) is 4.50. The largest absolute Gasteiger partial charge is 0.482 e. The van der Waals surface area contributed by atoms with Gasteiger partial charge in [-0.1, -0.05) is 0 Å². The smallest absolute Gasteiger partial charge is 0.343 e. The quantitative estimate of drug-likeness (QED) is 0.482. The standard InChI is InChI=1S/C14H15NO3S/c1-17-14(16)8-18-13-7-6-12(15-9-19)10-4-2-3-5-11(10)13/h6-7H,2-5,8H2,1H3. The lowest BCUT2D eigenvalue weighted by atomic mass is 9.90. The van der Waals surface area contributed by atoms with E-state index >= 15 is 0 Å². The summed E-state index contributed by atoms with van der Waals surface area (Å²) in [6, 6.07) is 3.69. The number of thiocarbonyl (C=S) groups is 1. The van der Waals surface area contributed by atoms with Gasteiger partial charge < -0.3 is 9.47 Å². The van der Waals surface area contributed by atoms with Gasteiger partial charge in [0.15, 0.2) is 6.61 Å². The summed E-state index contributed by atoms with van der Waals surface area (Å²) in [7, 11) is 1.35. The van der Waals surface area contributed by atoms with E-state index in [4.69, 9.17) is 4.74 Å². The molecule has 1 aliphatic rings. The van der Waals surface area contributed by atoms with Gasteiger partial charge in [0.05, 0.1) is 18.0 Å². The first kappa shape index (κ1) is 13.7. The van der Waals surface area contributed by atoms with Crippen LogP contribution in [-0.2, 0) is 22.4 Å². The first-order valence-corrected chi connectivity index (χ1v) is 6.59. The van der Waals surface area contributed by atoms with Gasteiger partial charge in [0.1, 0.15) is 5.75 Å². The van der Waals surface area contributed by atoms with Gasteiger partial charge in [-0.05, 0) is 61.2 Å². The summed E-state index contributed by atoms with van der Waals surface area (Å²) in [5.74, 6) is 0.356. The maximum Gasteiger partial charge on any atom is 0.343 e. The molecular formula is C14H15NO3S. The third-order valence-corrected chi connectivity index (χ3v) is 3.30. The minimum absolute atomic E-state index is 0.0707. The highest BCUT2D eigenvalue weighted by Gasteiger charge is 2.18. The molecule has 4 nitrogen and oxygen atoms in total. The van der Waals surface area contributed by atoms with Crippen LogP contribution in [0.1, 0.15) is 24.0 Å². The lowest BCUT2D eigenvalue weighted by Crippen LogP contribution is -2.14. The van der Waals surface area contributed by atoms with E-state index in [0.717, 1.165) is 48.2 Å². The predicted molar refractivity (Wildman–Crippen MR) is 75.3 cm³/mol. The first-order valence-electron chi connectivity index (χ1n) is 6.18. The van der Waals surface area contributed by atoms with E-state index in [0.29, 0.717) is 0 Å². The molecule has 0 aromatic heterocycles. The predicted octanol–water partition coefficient (Wildman–Crippen LogP) is 2.85. The van der Waals surface area contributed by atoms with Crippen molar-refractivity contribution >= 4 is 29.0 Å². The third-order valence-electron chi connectivity index (χ3n) is 3.21. The van der Waals surface area contributed by atoms with Crippen molar-refractivity contribution in [2.24, 2.45) is 4.99 Å². The molecule has 0 saturated heterocycles. The molecule has 0 amide bonds. The van der Waals surface area contributed by atoms with Crippen LogP contribution >= 0.6 is 12.2 Å². The summed E-state index contributed by atoms with van der Waals surface area (Å²) >= 11 is 4.66. The maximum absolute atomic E-state index is 11.1. The van der Waals surface area contributed by atoms with Gasteiger partial charge in [0.2, 0.25) is 0 Å². The summed E-state index contributed by atoms with van der Waals surface area (Å²) in [6.07, 6.45) is 4.15. The zero-order valence-corrected chi connectivity index (χ0v) is 11.6. The van der Waals surface area contributed by atoms with Crippen molar-refractivity contribution in [3.8, 4) is 5.75 Å². The number of carbonyl (C=O) groups excluding carboxylic acids is 1. The molecule has 1 aliphatic carbocycles. The van der Waals surface area contributed by atoms with Crippen LogP contribution in [0, 0.1) is 0 Å². The monoisotopic (exact) mass is 277 g/mol. The van der Waals surface area contributed by atoms with Gasteiger partial charge in [-0.25, -0.2) is 4.79 Å². The number of benzene rings is 1. The van der Waals surface area contributed by atoms with Crippen molar-refractivity contribution in [1.29, 1.82) is 0 Å². The molecule has 0 spiro atoms. The van der Waals surface area contributed by atoms with Gasteiger partial charge in [0.25, 0.3) is 0 Å². The van der Waals surface area contributed by atoms with E-state index < -0.39 is 0 Å². The van der Waals surface area contributed by atoms with Crippen molar-refractivity contribution in [3.05, 3.63) is 23.3 Å². The van der Waals surface area contributed by atoms with Crippen LogP contribution < -0.4 is 4.74 Å². The Balaban J connectivity index is 2.29. The van der Waals surface area contributed by atoms with Gasteiger partial charge >= 0.3 is 5.97 Å². The third kappa shape index (κ3) is 3.19. The van der Waals surface area contributed by atoms with Crippen molar-refractivity contribution in [2.45, 2.75) is 25.7 Å². The molecule has 1 aromatic carbocycles. The zero-order valence-electron chi connectivity index (χ0n) is 10.8. The van der Waals surface area contributed by atoms with Crippen LogP contribution in [0.2, 0.25) is 0 Å². The van der Waals surface area contributed by atoms with Crippen molar-refractivity contribution in [3.63, 3.8) is 0 Å². The summed E-state index contributed by atoms with van der Waals surface area (Å²) in [4.78, 5) is 15.2. The molecule has 0 saturated carbocycles. The number of nitrogens with zero attached hydrogens (tertiary/aromatic N) is 1. The van der Waals surface area contributed by atoms with Gasteiger partial charge in [-0.2, -0.15) is 4.99 Å². The Hall–Kier alpha value is -1.71. The number of carbonyl (C=O) groups is 1. The fourth-order valence-corrected chi connectivity index (χ4v) is 2.40. The number of rotatable bonds is 4. The Morgan fingerprint density at radius 3 is 2.79 bits per heavy atom. The number of ether oxygens (including phenoxy) is 2. The molecule has 0 aliphatic heterocycles. The maximum atomic E-state index is 11.1. The first-order chi connectivity index (χ1) is 9.26. The summed E-state index contributed by atoms with van der Waals surface area (Å²) in [5, 5.41) is 2.41. The van der Waals surface area contributed by atoms with Crippen LogP contribution in [0.15, 0.2) is 17.1 Å². The average molecular weight is 277 g/mol. The molecule has 1 aromatic rings. The Bertz CT molecular complexity index is 536. The zero-order chi connectivity index (χ0) is 13.7. The number of hydrogen-bond acceptors (Lipinski definition) is 5. The normalized spacial score (nSPS) is 13.1. The summed E-state index contributed by atoms with van der Waals surface area (Å²) in [6.45, 7) is -0.0707. The number of fused-ring (bicyclic) bond motifs is 1. The number of isothiocyanates is 1. The fourth-order valence-electron chi connectivity index (χ4n) is 2.30. The van der Waals surface area contributed by atoms with Crippen molar-refractivity contribution in [2.75, 3.05) is 13.7 Å². The molecule has 5 heteroatoms. The van der Waals surface area contributed by atoms with E-state index in [-0.39, 0.29) is 12.6 Å². The van der Waals surface area contributed by atoms with Crippen molar-refractivity contribution in [1.82, 2.24) is 0 Å². The Morgan fingerprint density at radius 1 is 1.37 bits per heavy atom. The van der Waals surface area contributed by atoms with Gasteiger partial charge in [-0.15, -0.1) is 0 Å². The topological polar surface area (TPSA) is 47.9 Å². The van der Waals surface area contributed by atoms with E-state index in [2.05, 4.69) is 27.1 Å². The van der Waals surface area contributed by atoms with E-state index in [1.807, 2.05) is 12.1 Å². The SMILES string of the molecule is COC(=O)COc1ccc(N=C=S)c2c1CCCC2. The summed E-state index contributed by atoms with van der Waals surface area (Å²) < 4.78 is 10.1. The molecule has 2 rings (SSSR count). The molecule has 100 valence electrons. The molecule has 0 radical (unpaired) electrons. The lowest BCUT2D eigenvalue weighted by molar-refractivity contribution is -0.142. The molecule has 0 N–H and O–H groups in total. The van der Waals surface area contributed by atoms with Crippen LogP contribution in [0.3, 0.4) is 0 Å². The molecular weight excluding hydrogens is 262 g/mol.